The number of carbonyl (C=O) groups is 2. The molecule has 3 N–H and O–H groups in total. The number of rotatable bonds is 10. The molecule has 3 amide bonds. The Labute approximate surface area is 258 Å². The molecule has 1 aliphatic heterocycles. The highest BCUT2D eigenvalue weighted by Gasteiger charge is 2.33. The molecule has 3 aromatic carbocycles. The molecule has 0 saturated carbocycles. The molecule has 10 heteroatoms. The average Bonchev–Trinajstić information content (AvgIpc) is 3.45. The normalized spacial score (nSPS) is 14.9. The van der Waals surface area contributed by atoms with Gasteiger partial charge in [-0.1, -0.05) is 43.3 Å². The van der Waals surface area contributed by atoms with Gasteiger partial charge in [-0.15, -0.1) is 0 Å². The lowest BCUT2D eigenvalue weighted by molar-refractivity contribution is -0.118. The summed E-state index contributed by atoms with van der Waals surface area (Å²) < 4.78 is 20.2. The summed E-state index contributed by atoms with van der Waals surface area (Å²) in [7, 11) is 3.97. The number of fused-ring (bicyclic) bond motifs is 1. The van der Waals surface area contributed by atoms with Crippen LogP contribution in [0, 0.1) is 5.82 Å². The SMILES string of the molecule is CCOc1ccc(CN(C)C)cc1NC(=O)C(NC(=O)N1CCN(c2ccccc2F)CC1)C(C)c1c[nH]c2ccccc12. The summed E-state index contributed by atoms with van der Waals surface area (Å²) >= 11 is 0. The zero-order valence-corrected chi connectivity index (χ0v) is 25.8. The van der Waals surface area contributed by atoms with Crippen LogP contribution in [0.2, 0.25) is 0 Å². The summed E-state index contributed by atoms with van der Waals surface area (Å²) in [5.41, 5.74) is 3.99. The third-order valence-corrected chi connectivity index (χ3v) is 8.03. The van der Waals surface area contributed by atoms with E-state index in [1.54, 1.807) is 23.1 Å². The number of anilines is 2. The Morgan fingerprint density at radius 2 is 1.75 bits per heavy atom. The second-order valence-corrected chi connectivity index (χ2v) is 11.4. The van der Waals surface area contributed by atoms with Gasteiger partial charge in [0.2, 0.25) is 5.91 Å². The van der Waals surface area contributed by atoms with E-state index in [9.17, 15) is 14.0 Å². The zero-order valence-electron chi connectivity index (χ0n) is 25.8. The van der Waals surface area contributed by atoms with E-state index in [1.165, 1.54) is 6.07 Å². The molecule has 0 spiro atoms. The molecule has 0 radical (unpaired) electrons. The second kappa shape index (κ2) is 13.8. The minimum Gasteiger partial charge on any atom is -0.492 e. The van der Waals surface area contributed by atoms with E-state index in [1.807, 2.05) is 81.5 Å². The van der Waals surface area contributed by atoms with Gasteiger partial charge < -0.3 is 35.1 Å². The number of hydrogen-bond donors (Lipinski definition) is 3. The van der Waals surface area contributed by atoms with Gasteiger partial charge in [0.1, 0.15) is 17.6 Å². The van der Waals surface area contributed by atoms with Gasteiger partial charge in [0.25, 0.3) is 0 Å². The number of nitrogens with zero attached hydrogens (tertiary/aromatic N) is 3. The molecule has 1 saturated heterocycles. The number of aromatic nitrogens is 1. The molecule has 1 fully saturated rings. The van der Waals surface area contributed by atoms with Crippen molar-refractivity contribution in [1.29, 1.82) is 0 Å². The number of H-pyrrole nitrogens is 1. The van der Waals surface area contributed by atoms with E-state index >= 15 is 0 Å². The molecule has 2 heterocycles. The predicted octanol–water partition coefficient (Wildman–Crippen LogP) is 5.41. The number of benzene rings is 3. The minimum atomic E-state index is -0.890. The van der Waals surface area contributed by atoms with Crippen molar-refractivity contribution in [2.45, 2.75) is 32.4 Å². The van der Waals surface area contributed by atoms with Gasteiger partial charge in [0.15, 0.2) is 0 Å². The van der Waals surface area contributed by atoms with E-state index in [-0.39, 0.29) is 23.7 Å². The molecule has 0 bridgehead atoms. The van der Waals surface area contributed by atoms with Crippen LogP contribution in [0.4, 0.5) is 20.6 Å². The molecule has 0 aliphatic carbocycles. The highest BCUT2D eigenvalue weighted by atomic mass is 19.1. The highest BCUT2D eigenvalue weighted by Crippen LogP contribution is 2.31. The van der Waals surface area contributed by atoms with Gasteiger partial charge in [-0.25, -0.2) is 9.18 Å². The molecule has 2 atom stereocenters. The summed E-state index contributed by atoms with van der Waals surface area (Å²) in [6, 6.07) is 19.1. The van der Waals surface area contributed by atoms with Crippen molar-refractivity contribution in [3.63, 3.8) is 0 Å². The number of carbonyl (C=O) groups excluding carboxylic acids is 2. The first-order chi connectivity index (χ1) is 21.2. The topological polar surface area (TPSA) is 92.9 Å². The van der Waals surface area contributed by atoms with Crippen LogP contribution < -0.4 is 20.3 Å². The maximum Gasteiger partial charge on any atom is 0.318 e. The van der Waals surface area contributed by atoms with Crippen molar-refractivity contribution in [2.24, 2.45) is 0 Å². The summed E-state index contributed by atoms with van der Waals surface area (Å²) in [6.45, 7) is 6.75. The second-order valence-electron chi connectivity index (χ2n) is 11.4. The average molecular weight is 601 g/mol. The maximum absolute atomic E-state index is 14.4. The fraction of sp³-hybridized carbons (Fsp3) is 0.353. The van der Waals surface area contributed by atoms with Crippen LogP contribution in [-0.4, -0.2) is 79.6 Å². The number of piperazine rings is 1. The Hall–Kier alpha value is -4.57. The van der Waals surface area contributed by atoms with Crippen LogP contribution in [0.15, 0.2) is 72.9 Å². The lowest BCUT2D eigenvalue weighted by Gasteiger charge is -2.37. The number of hydrogen-bond acceptors (Lipinski definition) is 5. The van der Waals surface area contributed by atoms with E-state index in [0.29, 0.717) is 56.5 Å². The number of aromatic amines is 1. The molecular weight excluding hydrogens is 559 g/mol. The molecule has 9 nitrogen and oxygen atoms in total. The van der Waals surface area contributed by atoms with E-state index in [0.717, 1.165) is 22.0 Å². The minimum absolute atomic E-state index is 0.282. The predicted molar refractivity (Wildman–Crippen MR) is 173 cm³/mol. The Morgan fingerprint density at radius 3 is 2.48 bits per heavy atom. The molecule has 5 rings (SSSR count). The van der Waals surface area contributed by atoms with Crippen LogP contribution in [0.25, 0.3) is 10.9 Å². The van der Waals surface area contributed by atoms with Crippen molar-refractivity contribution < 1.29 is 18.7 Å². The molecule has 44 heavy (non-hydrogen) atoms. The Kier molecular flexibility index (Phi) is 9.69. The largest absolute Gasteiger partial charge is 0.492 e. The van der Waals surface area contributed by atoms with Crippen LogP contribution in [0.3, 0.4) is 0 Å². The Morgan fingerprint density at radius 1 is 1.02 bits per heavy atom. The Bertz CT molecular complexity index is 1600. The first-order valence-corrected chi connectivity index (χ1v) is 15.1. The standard InChI is InChI=1S/C34H41FN6O3/c1-5-44-31-15-14-24(22-39(3)4)20-29(31)37-33(42)32(23(2)26-21-36-28-12-8-6-10-25(26)28)38-34(43)41-18-16-40(17-19-41)30-13-9-7-11-27(30)35/h6-15,20-21,23,32,36H,5,16-19,22H2,1-4H3,(H,37,42)(H,38,43). The first kappa shape index (κ1) is 30.9. The number of para-hydroxylation sites is 2. The number of ether oxygens (including phenoxy) is 1. The number of halogens is 1. The van der Waals surface area contributed by atoms with Crippen molar-refractivity contribution in [3.05, 3.63) is 89.9 Å². The van der Waals surface area contributed by atoms with Gasteiger partial charge in [-0.2, -0.15) is 0 Å². The van der Waals surface area contributed by atoms with E-state index in [4.69, 9.17) is 4.74 Å². The molecular formula is C34H41FN6O3. The van der Waals surface area contributed by atoms with Crippen molar-refractivity contribution >= 4 is 34.2 Å². The summed E-state index contributed by atoms with van der Waals surface area (Å²) in [6.07, 6.45) is 1.90. The molecule has 1 aliphatic rings. The van der Waals surface area contributed by atoms with Gasteiger partial charge in [-0.3, -0.25) is 4.79 Å². The zero-order chi connectivity index (χ0) is 31.2. The smallest absolute Gasteiger partial charge is 0.318 e. The number of nitrogens with one attached hydrogen (secondary N) is 3. The third kappa shape index (κ3) is 6.97. The lowest BCUT2D eigenvalue weighted by atomic mass is 9.92. The van der Waals surface area contributed by atoms with Crippen LogP contribution in [-0.2, 0) is 11.3 Å². The van der Waals surface area contributed by atoms with Gasteiger partial charge in [-0.05, 0) is 62.5 Å². The van der Waals surface area contributed by atoms with Crippen LogP contribution in [0.5, 0.6) is 5.75 Å². The highest BCUT2D eigenvalue weighted by molar-refractivity contribution is 5.99. The monoisotopic (exact) mass is 600 g/mol. The lowest BCUT2D eigenvalue weighted by Crippen LogP contribution is -2.56. The first-order valence-electron chi connectivity index (χ1n) is 15.1. The molecule has 2 unspecified atom stereocenters. The van der Waals surface area contributed by atoms with E-state index in [2.05, 4.69) is 20.5 Å². The number of urea groups is 1. The van der Waals surface area contributed by atoms with Gasteiger partial charge >= 0.3 is 6.03 Å². The quantitative estimate of drug-likeness (QED) is 0.226. The van der Waals surface area contributed by atoms with Crippen LogP contribution in [0.1, 0.15) is 30.9 Å². The fourth-order valence-corrected chi connectivity index (χ4v) is 5.78. The maximum atomic E-state index is 14.4. The van der Waals surface area contributed by atoms with Crippen molar-refractivity contribution in [1.82, 2.24) is 20.1 Å². The van der Waals surface area contributed by atoms with Crippen LogP contribution >= 0.6 is 0 Å². The molecule has 232 valence electrons. The van der Waals surface area contributed by atoms with Crippen molar-refractivity contribution in [2.75, 3.05) is 57.1 Å². The van der Waals surface area contributed by atoms with Gasteiger partial charge in [0, 0.05) is 55.7 Å². The van der Waals surface area contributed by atoms with Gasteiger partial charge in [0.05, 0.1) is 18.0 Å². The summed E-state index contributed by atoms with van der Waals surface area (Å²) in [5, 5.41) is 7.10. The molecule has 1 aromatic heterocycles. The third-order valence-electron chi connectivity index (χ3n) is 8.03. The summed E-state index contributed by atoms with van der Waals surface area (Å²) in [5.74, 6) is -0.424. The fourth-order valence-electron chi connectivity index (χ4n) is 5.78. The number of amides is 3. The summed E-state index contributed by atoms with van der Waals surface area (Å²) in [4.78, 5) is 36.7. The van der Waals surface area contributed by atoms with E-state index < -0.39 is 6.04 Å². The Balaban J connectivity index is 1.38. The molecule has 4 aromatic rings. The van der Waals surface area contributed by atoms with Crippen molar-refractivity contribution in [3.8, 4) is 5.75 Å².